The van der Waals surface area contributed by atoms with Crippen LogP contribution in [0.4, 0.5) is 0 Å². The molecule has 4 aliphatic rings. The molecule has 9 unspecified atom stereocenters. The number of fused-ring (bicyclic) bond motifs is 5. The molecule has 29 heavy (non-hydrogen) atoms. The Morgan fingerprint density at radius 3 is 2.41 bits per heavy atom. The number of alkyl halides is 1. The second-order valence-corrected chi connectivity index (χ2v) is 13.6. The minimum absolute atomic E-state index is 0.119. The van der Waals surface area contributed by atoms with E-state index in [9.17, 15) is 4.79 Å². The lowest BCUT2D eigenvalue weighted by atomic mass is 9.44. The van der Waals surface area contributed by atoms with E-state index in [4.69, 9.17) is 0 Å². The van der Waals surface area contributed by atoms with E-state index >= 15 is 0 Å². The van der Waals surface area contributed by atoms with Gasteiger partial charge in [-0.15, -0.1) is 0 Å². The molecule has 9 atom stereocenters. The third-order valence-electron chi connectivity index (χ3n) is 10.7. The number of carbonyl (C=O) groups is 1. The lowest BCUT2D eigenvalue weighted by Gasteiger charge is -2.61. The molecule has 4 fully saturated rings. The summed E-state index contributed by atoms with van der Waals surface area (Å²) in [6, 6.07) is 0. The summed E-state index contributed by atoms with van der Waals surface area (Å²) >= 11 is 3.75. The average Bonchev–Trinajstić information content (AvgIpc) is 3.00. The Hall–Kier alpha value is 0.150. The number of hydrogen-bond acceptors (Lipinski definition) is 1. The van der Waals surface area contributed by atoms with Gasteiger partial charge in [0.25, 0.3) is 0 Å². The zero-order chi connectivity index (χ0) is 21.0. The lowest BCUT2D eigenvalue weighted by molar-refractivity contribution is -0.139. The Kier molecular flexibility index (Phi) is 6.36. The number of ketones is 1. The Morgan fingerprint density at radius 1 is 0.966 bits per heavy atom. The van der Waals surface area contributed by atoms with E-state index in [-0.39, 0.29) is 4.83 Å². The van der Waals surface area contributed by atoms with Crippen LogP contribution in [0, 0.1) is 52.3 Å². The van der Waals surface area contributed by atoms with Gasteiger partial charge in [-0.3, -0.25) is 4.79 Å². The molecule has 0 aromatic rings. The van der Waals surface area contributed by atoms with Crippen LogP contribution in [0.5, 0.6) is 0 Å². The van der Waals surface area contributed by atoms with E-state index in [1.807, 2.05) is 0 Å². The average molecular weight is 466 g/mol. The second-order valence-electron chi connectivity index (χ2n) is 12.5. The molecule has 4 saturated carbocycles. The van der Waals surface area contributed by atoms with Crippen LogP contribution in [0.3, 0.4) is 0 Å². The van der Waals surface area contributed by atoms with Crippen molar-refractivity contribution in [2.75, 3.05) is 0 Å². The maximum Gasteiger partial charge on any atom is 0.146 e. The highest BCUT2D eigenvalue weighted by molar-refractivity contribution is 9.10. The molecule has 0 bridgehead atoms. The van der Waals surface area contributed by atoms with E-state index in [1.54, 1.807) is 0 Å². The molecule has 4 aliphatic carbocycles. The first-order chi connectivity index (χ1) is 13.7. The number of carbonyl (C=O) groups excluding carboxylic acids is 1. The Labute approximate surface area is 188 Å². The molecule has 0 amide bonds. The van der Waals surface area contributed by atoms with Crippen LogP contribution in [-0.2, 0) is 4.79 Å². The smallest absolute Gasteiger partial charge is 0.146 e. The van der Waals surface area contributed by atoms with E-state index in [0.717, 1.165) is 48.3 Å². The molecule has 4 rings (SSSR count). The van der Waals surface area contributed by atoms with E-state index in [1.165, 1.54) is 57.8 Å². The highest BCUT2D eigenvalue weighted by atomic mass is 79.9. The van der Waals surface area contributed by atoms with Crippen molar-refractivity contribution in [3.63, 3.8) is 0 Å². The van der Waals surface area contributed by atoms with Gasteiger partial charge in [0.15, 0.2) is 0 Å². The van der Waals surface area contributed by atoms with Crippen LogP contribution in [0.15, 0.2) is 0 Å². The van der Waals surface area contributed by atoms with Gasteiger partial charge in [0.1, 0.15) is 5.78 Å². The zero-order valence-corrected chi connectivity index (χ0v) is 21.3. The van der Waals surface area contributed by atoms with Crippen LogP contribution < -0.4 is 0 Å². The van der Waals surface area contributed by atoms with Gasteiger partial charge in [-0.25, -0.2) is 0 Å². The SMILES string of the molecule is CC(C)CCCC(C)C1CCC2C3CCC4CC(=O)C(Br)CC4(C)C3CCC12C. The summed E-state index contributed by atoms with van der Waals surface area (Å²) in [6.45, 7) is 12.6. The standard InChI is InChI=1S/C27H45BrO/c1-17(2)7-6-8-18(3)21-11-12-22-20-10-9-19-15-25(29)24(28)16-27(19,5)23(20)13-14-26(21,22)4/h17-24H,6-16H2,1-5H3. The first-order valence-corrected chi connectivity index (χ1v) is 13.7. The summed E-state index contributed by atoms with van der Waals surface area (Å²) in [4.78, 5) is 12.5. The Balaban J connectivity index is 1.48. The van der Waals surface area contributed by atoms with Crippen molar-refractivity contribution in [2.45, 2.75) is 110 Å². The minimum Gasteiger partial charge on any atom is -0.298 e. The molecule has 0 radical (unpaired) electrons. The molecule has 0 N–H and O–H groups in total. The first kappa shape index (κ1) is 22.3. The predicted octanol–water partition coefficient (Wildman–Crippen LogP) is 8.05. The van der Waals surface area contributed by atoms with E-state index in [2.05, 4.69) is 50.5 Å². The molecule has 1 nitrogen and oxygen atoms in total. The van der Waals surface area contributed by atoms with Crippen LogP contribution in [0.2, 0.25) is 0 Å². The van der Waals surface area contributed by atoms with Crippen molar-refractivity contribution in [3.8, 4) is 0 Å². The fraction of sp³-hybridized carbons (Fsp3) is 0.963. The number of hydrogen-bond donors (Lipinski definition) is 0. The molecular formula is C27H45BrO. The van der Waals surface area contributed by atoms with Crippen molar-refractivity contribution < 1.29 is 4.79 Å². The van der Waals surface area contributed by atoms with Crippen molar-refractivity contribution >= 4 is 21.7 Å². The van der Waals surface area contributed by atoms with Gasteiger partial charge in [-0.2, -0.15) is 0 Å². The fourth-order valence-electron chi connectivity index (χ4n) is 9.08. The maximum absolute atomic E-state index is 12.4. The third-order valence-corrected chi connectivity index (χ3v) is 11.5. The van der Waals surface area contributed by atoms with Crippen LogP contribution in [0.1, 0.15) is 105 Å². The van der Waals surface area contributed by atoms with Gasteiger partial charge >= 0.3 is 0 Å². The van der Waals surface area contributed by atoms with Gasteiger partial charge in [-0.05, 0) is 97.2 Å². The summed E-state index contributed by atoms with van der Waals surface area (Å²) < 4.78 is 0. The first-order valence-electron chi connectivity index (χ1n) is 12.8. The molecular weight excluding hydrogens is 420 g/mol. The summed E-state index contributed by atoms with van der Waals surface area (Å²) in [5.41, 5.74) is 0.979. The Bertz CT molecular complexity index is 614. The Morgan fingerprint density at radius 2 is 1.69 bits per heavy atom. The predicted molar refractivity (Wildman–Crippen MR) is 126 cm³/mol. The molecule has 0 heterocycles. The molecule has 0 aromatic carbocycles. The van der Waals surface area contributed by atoms with Crippen molar-refractivity contribution in [2.24, 2.45) is 52.3 Å². The van der Waals surface area contributed by atoms with E-state index in [0.29, 0.717) is 22.5 Å². The van der Waals surface area contributed by atoms with Gasteiger partial charge in [0, 0.05) is 6.42 Å². The van der Waals surface area contributed by atoms with Crippen molar-refractivity contribution in [1.82, 2.24) is 0 Å². The normalized spacial score (nSPS) is 48.2. The van der Waals surface area contributed by atoms with E-state index < -0.39 is 0 Å². The lowest BCUT2D eigenvalue weighted by Crippen LogP contribution is -2.55. The maximum atomic E-state index is 12.4. The van der Waals surface area contributed by atoms with Gasteiger partial charge in [-0.1, -0.05) is 69.8 Å². The minimum atomic E-state index is 0.119. The topological polar surface area (TPSA) is 17.1 Å². The summed E-state index contributed by atoms with van der Waals surface area (Å²) in [5, 5.41) is 0. The fourth-order valence-corrected chi connectivity index (χ4v) is 9.97. The molecule has 0 saturated heterocycles. The van der Waals surface area contributed by atoms with Crippen LogP contribution >= 0.6 is 15.9 Å². The third kappa shape index (κ3) is 3.80. The largest absolute Gasteiger partial charge is 0.298 e. The van der Waals surface area contributed by atoms with Gasteiger partial charge < -0.3 is 0 Å². The monoisotopic (exact) mass is 464 g/mol. The molecule has 0 spiro atoms. The second kappa shape index (κ2) is 8.25. The number of Topliss-reactive ketones (excluding diaryl/α,β-unsaturated/α-hetero) is 1. The van der Waals surface area contributed by atoms with Crippen LogP contribution in [0.25, 0.3) is 0 Å². The number of halogens is 1. The molecule has 0 aromatic heterocycles. The summed E-state index contributed by atoms with van der Waals surface area (Å²) in [6.07, 6.45) is 14.7. The molecule has 166 valence electrons. The highest BCUT2D eigenvalue weighted by Crippen LogP contribution is 2.68. The summed E-state index contributed by atoms with van der Waals surface area (Å²) in [7, 11) is 0. The quantitative estimate of drug-likeness (QED) is 0.375. The van der Waals surface area contributed by atoms with Crippen molar-refractivity contribution in [3.05, 3.63) is 0 Å². The highest BCUT2D eigenvalue weighted by Gasteiger charge is 2.61. The molecule has 2 heteroatoms. The number of rotatable bonds is 5. The van der Waals surface area contributed by atoms with Crippen LogP contribution in [-0.4, -0.2) is 10.6 Å². The zero-order valence-electron chi connectivity index (χ0n) is 19.7. The van der Waals surface area contributed by atoms with Crippen molar-refractivity contribution in [1.29, 1.82) is 0 Å². The van der Waals surface area contributed by atoms with Gasteiger partial charge in [0.05, 0.1) is 4.83 Å². The molecule has 0 aliphatic heterocycles. The van der Waals surface area contributed by atoms with Gasteiger partial charge in [0.2, 0.25) is 0 Å². The summed E-state index contributed by atoms with van der Waals surface area (Å²) in [5.74, 6) is 6.56.